The average Bonchev–Trinajstić information content (AvgIpc) is 1.85. The molecule has 5 nitrogen and oxygen atoms in total. The van der Waals surface area contributed by atoms with E-state index in [0.717, 1.165) is 26.1 Å². The molecule has 0 radical (unpaired) electrons. The maximum Gasteiger partial charge on any atom is 1.00 e. The zero-order valence-electron chi connectivity index (χ0n) is 9.28. The summed E-state index contributed by atoms with van der Waals surface area (Å²) in [4.78, 5) is 0. The van der Waals surface area contributed by atoms with E-state index in [1.54, 1.807) is 0 Å². The van der Waals surface area contributed by atoms with Crippen LogP contribution >= 0.6 is 0 Å². The van der Waals surface area contributed by atoms with Gasteiger partial charge in [0.2, 0.25) is 0 Å². The van der Waals surface area contributed by atoms with Crippen LogP contribution in [0.4, 0.5) is 0 Å². The van der Waals surface area contributed by atoms with Crippen LogP contribution in [0.1, 0.15) is 26.7 Å². The van der Waals surface area contributed by atoms with Gasteiger partial charge in [0.15, 0.2) is 0 Å². The monoisotopic (exact) mass is 244 g/mol. The maximum atomic E-state index is 8.52. The van der Waals surface area contributed by atoms with E-state index in [9.17, 15) is 0 Å². The van der Waals surface area contributed by atoms with E-state index in [-0.39, 0.29) is 59.1 Å². The Kier molecular flexibility index (Phi) is 30.6. The molecule has 0 spiro atoms. The smallest absolute Gasteiger partial charge is 0.759 e. The van der Waals surface area contributed by atoms with E-state index in [4.69, 9.17) is 22.3 Å². The molecule has 0 rings (SSSR count). The molecule has 0 N–H and O–H groups in total. The van der Waals surface area contributed by atoms with E-state index < -0.39 is 10.4 Å². The Hall–Kier alpha value is 1.83. The molecule has 8 heteroatoms. The minimum atomic E-state index is -5.17. The van der Waals surface area contributed by atoms with Crippen molar-refractivity contribution in [1.82, 2.24) is 0 Å². The second-order valence-corrected chi connectivity index (χ2v) is 2.84. The molecule has 0 aromatic rings. The van der Waals surface area contributed by atoms with Gasteiger partial charge in [-0.3, -0.25) is 8.42 Å². The SMILES string of the molecule is CCCOCCC.O=S(=O)([O-])[O-].[Na+].[Na+]. The largest absolute Gasteiger partial charge is 1.00 e. The van der Waals surface area contributed by atoms with Crippen molar-refractivity contribution in [2.75, 3.05) is 13.2 Å². The van der Waals surface area contributed by atoms with Crippen LogP contribution in [-0.2, 0) is 15.1 Å². The topological polar surface area (TPSA) is 89.5 Å². The third-order valence-electron chi connectivity index (χ3n) is 0.697. The normalized spacial score (nSPS) is 8.86. The van der Waals surface area contributed by atoms with Crippen LogP contribution in [-0.4, -0.2) is 30.7 Å². The molecule has 0 aromatic heterocycles. The maximum absolute atomic E-state index is 8.52. The fraction of sp³-hybridized carbons (Fsp3) is 1.00. The summed E-state index contributed by atoms with van der Waals surface area (Å²) in [5, 5.41) is 0. The second kappa shape index (κ2) is 17.2. The molecule has 0 aliphatic rings. The molecule has 0 saturated carbocycles. The minimum Gasteiger partial charge on any atom is -0.759 e. The molecule has 0 bridgehead atoms. The summed E-state index contributed by atoms with van der Waals surface area (Å²) in [7, 11) is -5.17. The summed E-state index contributed by atoms with van der Waals surface area (Å²) in [5.74, 6) is 0. The first-order valence-electron chi connectivity index (χ1n) is 3.66. The summed E-state index contributed by atoms with van der Waals surface area (Å²) in [5.41, 5.74) is 0. The van der Waals surface area contributed by atoms with Crippen LogP contribution in [0.5, 0.6) is 0 Å². The van der Waals surface area contributed by atoms with Gasteiger partial charge in [0, 0.05) is 23.6 Å². The minimum absolute atomic E-state index is 0. The fourth-order valence-corrected chi connectivity index (χ4v) is 0.391. The van der Waals surface area contributed by atoms with Crippen molar-refractivity contribution in [3.63, 3.8) is 0 Å². The van der Waals surface area contributed by atoms with E-state index in [0.29, 0.717) is 0 Å². The molecule has 0 amide bonds. The van der Waals surface area contributed by atoms with E-state index >= 15 is 0 Å². The predicted octanol–water partition coefficient (Wildman–Crippen LogP) is -5.51. The summed E-state index contributed by atoms with van der Waals surface area (Å²) >= 11 is 0. The van der Waals surface area contributed by atoms with Gasteiger partial charge in [0.25, 0.3) is 0 Å². The van der Waals surface area contributed by atoms with Crippen LogP contribution in [0, 0.1) is 0 Å². The molecule has 0 saturated heterocycles. The van der Waals surface area contributed by atoms with Gasteiger partial charge in [-0.15, -0.1) is 0 Å². The molecule has 0 atom stereocenters. The number of hydrogen-bond donors (Lipinski definition) is 0. The van der Waals surface area contributed by atoms with E-state index in [1.807, 2.05) is 0 Å². The average molecular weight is 244 g/mol. The molecule has 0 fully saturated rings. The summed E-state index contributed by atoms with van der Waals surface area (Å²) in [6.07, 6.45) is 2.28. The molecule has 76 valence electrons. The molecule has 0 aromatic carbocycles. The van der Waals surface area contributed by atoms with Gasteiger partial charge in [0.05, 0.1) is 0 Å². The molecule has 0 heterocycles. The van der Waals surface area contributed by atoms with Gasteiger partial charge < -0.3 is 13.8 Å². The zero-order valence-corrected chi connectivity index (χ0v) is 14.1. The quantitative estimate of drug-likeness (QED) is 0.213. The third-order valence-corrected chi connectivity index (χ3v) is 0.697. The van der Waals surface area contributed by atoms with Crippen molar-refractivity contribution < 1.29 is 81.4 Å². The Morgan fingerprint density at radius 3 is 1.36 bits per heavy atom. The van der Waals surface area contributed by atoms with Crippen molar-refractivity contribution in [2.45, 2.75) is 26.7 Å². The Labute approximate surface area is 130 Å². The van der Waals surface area contributed by atoms with Gasteiger partial charge >= 0.3 is 59.1 Å². The van der Waals surface area contributed by atoms with Gasteiger partial charge in [0.1, 0.15) is 0 Å². The Balaban J connectivity index is -0.0000000651. The molecule has 14 heavy (non-hydrogen) atoms. The van der Waals surface area contributed by atoms with Gasteiger partial charge in [-0.05, 0) is 12.8 Å². The third kappa shape index (κ3) is 67.0. The first kappa shape index (κ1) is 24.9. The van der Waals surface area contributed by atoms with Crippen LogP contribution in [0.25, 0.3) is 0 Å². The fourth-order valence-electron chi connectivity index (χ4n) is 0.391. The molecule has 0 aliphatic carbocycles. The van der Waals surface area contributed by atoms with Gasteiger partial charge in [-0.25, -0.2) is 0 Å². The van der Waals surface area contributed by atoms with Crippen LogP contribution in [0.15, 0.2) is 0 Å². The van der Waals surface area contributed by atoms with Crippen molar-refractivity contribution in [3.8, 4) is 0 Å². The Morgan fingerprint density at radius 2 is 1.21 bits per heavy atom. The molecular formula is C6H14Na2O5S. The number of rotatable bonds is 4. The van der Waals surface area contributed by atoms with Crippen LogP contribution in [0.3, 0.4) is 0 Å². The van der Waals surface area contributed by atoms with Crippen molar-refractivity contribution in [2.24, 2.45) is 0 Å². The summed E-state index contributed by atoms with van der Waals surface area (Å²) < 4.78 is 39.2. The molecule has 0 aliphatic heterocycles. The predicted molar refractivity (Wildman–Crippen MR) is 41.9 cm³/mol. The molecule has 0 unspecified atom stereocenters. The number of hydrogen-bond acceptors (Lipinski definition) is 5. The number of ether oxygens (including phenoxy) is 1. The Bertz CT molecular complexity index is 159. The van der Waals surface area contributed by atoms with E-state index in [2.05, 4.69) is 13.8 Å². The van der Waals surface area contributed by atoms with Gasteiger partial charge in [-0.1, -0.05) is 13.8 Å². The summed E-state index contributed by atoms with van der Waals surface area (Å²) in [6.45, 7) is 6.09. The summed E-state index contributed by atoms with van der Waals surface area (Å²) in [6, 6.07) is 0. The molecular weight excluding hydrogens is 230 g/mol. The Morgan fingerprint density at radius 1 is 1.00 bits per heavy atom. The second-order valence-electron chi connectivity index (χ2n) is 2.02. The first-order valence-corrected chi connectivity index (χ1v) is 4.99. The van der Waals surface area contributed by atoms with Crippen LogP contribution in [0.2, 0.25) is 0 Å². The first-order chi connectivity index (χ1) is 5.41. The van der Waals surface area contributed by atoms with E-state index in [1.165, 1.54) is 0 Å². The standard InChI is InChI=1S/C6H14O.2Na.H2O4S/c1-3-5-7-6-4-2;;;1-5(2,3)4/h3-6H2,1-2H3;;;(H2,1,2,3,4)/q;2*+1;/p-2. The zero-order chi connectivity index (χ0) is 10.0. The van der Waals surface area contributed by atoms with Crippen molar-refractivity contribution in [1.29, 1.82) is 0 Å². The van der Waals surface area contributed by atoms with Crippen molar-refractivity contribution >= 4 is 10.4 Å². The van der Waals surface area contributed by atoms with Crippen molar-refractivity contribution in [3.05, 3.63) is 0 Å². The van der Waals surface area contributed by atoms with Crippen LogP contribution < -0.4 is 59.1 Å². The van der Waals surface area contributed by atoms with Gasteiger partial charge in [-0.2, -0.15) is 0 Å².